The van der Waals surface area contributed by atoms with E-state index >= 15 is 0 Å². The van der Waals surface area contributed by atoms with Gasteiger partial charge in [-0.1, -0.05) is 18.5 Å². The molecule has 0 aliphatic heterocycles. The molecule has 0 heterocycles. The number of halogens is 2. The fourth-order valence-corrected chi connectivity index (χ4v) is 2.83. The predicted molar refractivity (Wildman–Crippen MR) is 86.9 cm³/mol. The highest BCUT2D eigenvalue weighted by atomic mass is 35.5. The number of amides is 1. The van der Waals surface area contributed by atoms with E-state index in [0.717, 1.165) is 13.0 Å². The summed E-state index contributed by atoms with van der Waals surface area (Å²) in [5.41, 5.74) is 0. The van der Waals surface area contributed by atoms with Gasteiger partial charge in [0.25, 0.3) is 0 Å². The van der Waals surface area contributed by atoms with E-state index in [9.17, 15) is 13.2 Å². The molecule has 1 aromatic carbocycles. The molecule has 0 aliphatic rings. The molecule has 0 fully saturated rings. The first-order chi connectivity index (χ1) is 9.45. The summed E-state index contributed by atoms with van der Waals surface area (Å²) in [7, 11) is -3.61. The van der Waals surface area contributed by atoms with Crippen LogP contribution in [0.3, 0.4) is 0 Å². The molecule has 0 aromatic heterocycles. The van der Waals surface area contributed by atoms with Gasteiger partial charge in [-0.25, -0.2) is 8.42 Å². The van der Waals surface area contributed by atoms with Crippen LogP contribution in [0.15, 0.2) is 29.2 Å². The van der Waals surface area contributed by atoms with Crippen molar-refractivity contribution in [2.75, 3.05) is 25.4 Å². The Morgan fingerprint density at radius 3 is 2.33 bits per heavy atom. The molecule has 2 N–H and O–H groups in total. The van der Waals surface area contributed by atoms with Crippen LogP contribution in [0.4, 0.5) is 0 Å². The van der Waals surface area contributed by atoms with Gasteiger partial charge in [-0.2, -0.15) is 0 Å². The van der Waals surface area contributed by atoms with E-state index in [4.69, 9.17) is 11.6 Å². The van der Waals surface area contributed by atoms with E-state index < -0.39 is 21.5 Å². The van der Waals surface area contributed by atoms with Gasteiger partial charge in [0.05, 0.1) is 4.90 Å². The van der Waals surface area contributed by atoms with Gasteiger partial charge in [-0.15, -0.1) is 12.4 Å². The Morgan fingerprint density at radius 1 is 1.14 bits per heavy atom. The molecule has 0 spiro atoms. The molecule has 5 nitrogen and oxygen atoms in total. The number of hydrogen-bond donors (Lipinski definition) is 2. The number of sulfone groups is 1. The number of carbonyl (C=O) groups is 1. The van der Waals surface area contributed by atoms with Crippen molar-refractivity contribution >= 4 is 39.8 Å². The largest absolute Gasteiger partial charge is 0.354 e. The van der Waals surface area contributed by atoms with Crippen LogP contribution in [0, 0.1) is 0 Å². The molecule has 0 saturated heterocycles. The van der Waals surface area contributed by atoms with E-state index in [2.05, 4.69) is 10.6 Å². The van der Waals surface area contributed by atoms with Crippen LogP contribution in [0.2, 0.25) is 5.02 Å². The molecule has 0 unspecified atom stereocenters. The summed E-state index contributed by atoms with van der Waals surface area (Å²) in [5, 5.41) is 6.14. The van der Waals surface area contributed by atoms with E-state index in [-0.39, 0.29) is 17.3 Å². The number of hydrogen-bond acceptors (Lipinski definition) is 4. The lowest BCUT2D eigenvalue weighted by atomic mass is 10.4. The van der Waals surface area contributed by atoms with Crippen LogP contribution >= 0.6 is 24.0 Å². The molecule has 0 aliphatic carbocycles. The lowest BCUT2D eigenvalue weighted by molar-refractivity contribution is -0.118. The van der Waals surface area contributed by atoms with Gasteiger partial charge < -0.3 is 10.6 Å². The van der Waals surface area contributed by atoms with Crippen LogP contribution in [0.1, 0.15) is 13.3 Å². The quantitative estimate of drug-likeness (QED) is 0.696. The molecule has 0 radical (unpaired) electrons. The summed E-state index contributed by atoms with van der Waals surface area (Å²) in [6.45, 7) is 3.96. The van der Waals surface area contributed by atoms with Crippen molar-refractivity contribution < 1.29 is 13.2 Å². The maximum atomic E-state index is 12.0. The summed E-state index contributed by atoms with van der Waals surface area (Å²) in [6, 6.07) is 5.77. The summed E-state index contributed by atoms with van der Waals surface area (Å²) in [5.74, 6) is -1.05. The number of carbonyl (C=O) groups excluding carboxylic acids is 1. The zero-order chi connectivity index (χ0) is 15.0. The van der Waals surface area contributed by atoms with E-state index in [1.807, 2.05) is 6.92 Å². The highest BCUT2D eigenvalue weighted by Crippen LogP contribution is 2.15. The monoisotopic (exact) mass is 354 g/mol. The molecule has 21 heavy (non-hydrogen) atoms. The van der Waals surface area contributed by atoms with Gasteiger partial charge in [0, 0.05) is 18.1 Å². The molecule has 0 saturated carbocycles. The molecule has 1 rings (SSSR count). The molecular weight excluding hydrogens is 335 g/mol. The second-order valence-electron chi connectivity index (χ2n) is 4.31. The third-order valence-corrected chi connectivity index (χ3v) is 4.43. The van der Waals surface area contributed by atoms with Crippen molar-refractivity contribution in [2.45, 2.75) is 18.2 Å². The average molecular weight is 355 g/mol. The molecular formula is C13H20Cl2N2O3S. The summed E-state index contributed by atoms with van der Waals surface area (Å²) < 4.78 is 23.9. The van der Waals surface area contributed by atoms with Gasteiger partial charge in [0.2, 0.25) is 5.91 Å². The van der Waals surface area contributed by atoms with Gasteiger partial charge in [-0.05, 0) is 37.2 Å². The lowest BCUT2D eigenvalue weighted by Gasteiger charge is -2.07. The molecule has 0 bridgehead atoms. The number of benzene rings is 1. The first-order valence-electron chi connectivity index (χ1n) is 6.41. The van der Waals surface area contributed by atoms with Gasteiger partial charge >= 0.3 is 0 Å². The topological polar surface area (TPSA) is 75.3 Å². The first kappa shape index (κ1) is 20.2. The van der Waals surface area contributed by atoms with Crippen LogP contribution in [0.25, 0.3) is 0 Å². The molecule has 8 heteroatoms. The lowest BCUT2D eigenvalue weighted by Crippen LogP contribution is -2.35. The van der Waals surface area contributed by atoms with Gasteiger partial charge in [0.1, 0.15) is 5.75 Å². The Kier molecular flexibility index (Phi) is 9.61. The van der Waals surface area contributed by atoms with E-state index in [1.165, 1.54) is 24.3 Å². The Labute approximate surface area is 136 Å². The molecule has 120 valence electrons. The highest BCUT2D eigenvalue weighted by molar-refractivity contribution is 7.92. The van der Waals surface area contributed by atoms with Crippen molar-refractivity contribution in [3.05, 3.63) is 29.3 Å². The SMILES string of the molecule is CCCNCCNC(=O)CS(=O)(=O)c1ccc(Cl)cc1.Cl. The zero-order valence-electron chi connectivity index (χ0n) is 11.8. The van der Waals surface area contributed by atoms with Crippen molar-refractivity contribution in [1.29, 1.82) is 0 Å². The second-order valence-corrected chi connectivity index (χ2v) is 6.74. The van der Waals surface area contributed by atoms with Crippen molar-refractivity contribution in [3.8, 4) is 0 Å². The third kappa shape index (κ3) is 7.66. The minimum Gasteiger partial charge on any atom is -0.354 e. The smallest absolute Gasteiger partial charge is 0.235 e. The summed E-state index contributed by atoms with van der Waals surface area (Å²) >= 11 is 5.70. The van der Waals surface area contributed by atoms with Crippen LogP contribution in [0.5, 0.6) is 0 Å². The second kappa shape index (κ2) is 10.00. The van der Waals surface area contributed by atoms with Crippen LogP contribution < -0.4 is 10.6 Å². The fourth-order valence-electron chi connectivity index (χ4n) is 1.54. The standard InChI is InChI=1S/C13H19ClN2O3S.ClH/c1-2-7-15-8-9-16-13(17)10-20(18,19)12-5-3-11(14)4-6-12;/h3-6,15H,2,7-10H2,1H3,(H,16,17);1H. The van der Waals surface area contributed by atoms with Crippen molar-refractivity contribution in [2.24, 2.45) is 0 Å². The van der Waals surface area contributed by atoms with Crippen LogP contribution in [-0.2, 0) is 14.6 Å². The normalized spacial score (nSPS) is 10.8. The minimum atomic E-state index is -3.61. The van der Waals surface area contributed by atoms with Gasteiger partial charge in [0.15, 0.2) is 9.84 Å². The molecule has 1 amide bonds. The van der Waals surface area contributed by atoms with Gasteiger partial charge in [-0.3, -0.25) is 4.79 Å². The summed E-state index contributed by atoms with van der Waals surface area (Å²) in [6.07, 6.45) is 1.01. The van der Waals surface area contributed by atoms with Crippen LogP contribution in [-0.4, -0.2) is 39.7 Å². The maximum absolute atomic E-state index is 12.0. The van der Waals surface area contributed by atoms with E-state index in [1.54, 1.807) is 0 Å². The average Bonchev–Trinajstić information content (AvgIpc) is 2.38. The van der Waals surface area contributed by atoms with Crippen molar-refractivity contribution in [1.82, 2.24) is 10.6 Å². The van der Waals surface area contributed by atoms with E-state index in [0.29, 0.717) is 18.1 Å². The predicted octanol–water partition coefficient (Wildman–Crippen LogP) is 1.65. The summed E-state index contributed by atoms with van der Waals surface area (Å²) in [4.78, 5) is 11.7. The number of rotatable bonds is 8. The Hall–Kier alpha value is -0.820. The molecule has 1 aromatic rings. The zero-order valence-corrected chi connectivity index (χ0v) is 14.2. The highest BCUT2D eigenvalue weighted by Gasteiger charge is 2.18. The Morgan fingerprint density at radius 2 is 1.76 bits per heavy atom. The van der Waals surface area contributed by atoms with Crippen molar-refractivity contribution in [3.63, 3.8) is 0 Å². The molecule has 0 atom stereocenters. The number of nitrogens with one attached hydrogen (secondary N) is 2. The Balaban J connectivity index is 0.00000400. The fraction of sp³-hybridized carbons (Fsp3) is 0.462. The first-order valence-corrected chi connectivity index (χ1v) is 8.44. The third-order valence-electron chi connectivity index (χ3n) is 2.54. The maximum Gasteiger partial charge on any atom is 0.235 e. The Bertz CT molecular complexity index is 533. The minimum absolute atomic E-state index is 0.